The van der Waals surface area contributed by atoms with Crippen molar-refractivity contribution in [3.63, 3.8) is 0 Å². The van der Waals surface area contributed by atoms with E-state index in [0.717, 1.165) is 25.8 Å². The maximum atomic E-state index is 11.0. The molecule has 0 atom stereocenters. The number of carboxylic acids is 1. The molecule has 0 saturated heterocycles. The van der Waals surface area contributed by atoms with E-state index in [1.807, 2.05) is 6.33 Å². The van der Waals surface area contributed by atoms with Crippen molar-refractivity contribution < 1.29 is 9.90 Å². The molecule has 1 N–H and O–H groups in total. The zero-order valence-corrected chi connectivity index (χ0v) is 11.3. The number of hydrogen-bond donors (Lipinski definition) is 1. The van der Waals surface area contributed by atoms with E-state index in [2.05, 4.69) is 9.55 Å². The van der Waals surface area contributed by atoms with Crippen LogP contribution in [0.3, 0.4) is 0 Å². The van der Waals surface area contributed by atoms with Gasteiger partial charge in [0.2, 0.25) is 0 Å². The number of fused-ring (bicyclic) bond motifs is 1. The van der Waals surface area contributed by atoms with Gasteiger partial charge in [0, 0.05) is 12.2 Å². The van der Waals surface area contributed by atoms with Crippen molar-refractivity contribution in [3.05, 3.63) is 17.7 Å². The van der Waals surface area contributed by atoms with Crippen molar-refractivity contribution in [2.45, 2.75) is 58.9 Å². The number of aliphatic carboxylic acids is 1. The molecule has 1 aromatic heterocycles. The summed E-state index contributed by atoms with van der Waals surface area (Å²) in [6.07, 6.45) is 8.23. The summed E-state index contributed by atoms with van der Waals surface area (Å²) in [5.74, 6) is -0.713. The minimum absolute atomic E-state index is 0.624. The molecule has 100 valence electrons. The van der Waals surface area contributed by atoms with Gasteiger partial charge in [0.1, 0.15) is 0 Å². The van der Waals surface area contributed by atoms with Crippen LogP contribution in [0.2, 0.25) is 0 Å². The second-order valence-corrected chi connectivity index (χ2v) is 5.83. The fraction of sp³-hybridized carbons (Fsp3) is 0.714. The molecule has 1 aliphatic carbocycles. The molecule has 1 aliphatic rings. The standard InChI is InChI=1S/C14H22N2O2/c1-14(2,13(17)18)8-5-9-16-10-15-11-6-3-4-7-12(11)16/h10H,3-9H2,1-2H3,(H,17,18). The molecule has 1 aromatic rings. The molecular weight excluding hydrogens is 228 g/mol. The molecule has 0 bridgehead atoms. The highest BCUT2D eigenvalue weighted by molar-refractivity contribution is 5.73. The Hall–Kier alpha value is -1.32. The number of aromatic nitrogens is 2. The Balaban J connectivity index is 1.91. The lowest BCUT2D eigenvalue weighted by molar-refractivity contribution is -0.147. The van der Waals surface area contributed by atoms with Gasteiger partial charge in [-0.2, -0.15) is 0 Å². The SMILES string of the molecule is CC(C)(CCCn1cnc2c1CCCC2)C(=O)O. The molecule has 0 unspecified atom stereocenters. The lowest BCUT2D eigenvalue weighted by Gasteiger charge is -2.19. The van der Waals surface area contributed by atoms with Gasteiger partial charge in [0.15, 0.2) is 0 Å². The van der Waals surface area contributed by atoms with Gasteiger partial charge < -0.3 is 9.67 Å². The minimum Gasteiger partial charge on any atom is -0.481 e. The second-order valence-electron chi connectivity index (χ2n) is 5.83. The third-order valence-electron chi connectivity index (χ3n) is 3.89. The molecule has 0 amide bonds. The van der Waals surface area contributed by atoms with Crippen molar-refractivity contribution in [3.8, 4) is 0 Å². The topological polar surface area (TPSA) is 55.1 Å². The van der Waals surface area contributed by atoms with Crippen LogP contribution in [0.25, 0.3) is 0 Å². The number of aryl methyl sites for hydroxylation is 2. The Morgan fingerprint density at radius 2 is 2.17 bits per heavy atom. The third-order valence-corrected chi connectivity index (χ3v) is 3.89. The van der Waals surface area contributed by atoms with E-state index < -0.39 is 11.4 Å². The Morgan fingerprint density at radius 3 is 2.89 bits per heavy atom. The monoisotopic (exact) mass is 250 g/mol. The lowest BCUT2D eigenvalue weighted by Crippen LogP contribution is -2.24. The van der Waals surface area contributed by atoms with Gasteiger partial charge in [-0.3, -0.25) is 4.79 Å². The highest BCUT2D eigenvalue weighted by Gasteiger charge is 2.26. The van der Waals surface area contributed by atoms with E-state index in [-0.39, 0.29) is 0 Å². The van der Waals surface area contributed by atoms with Gasteiger partial charge in [-0.1, -0.05) is 0 Å². The fourth-order valence-corrected chi connectivity index (χ4v) is 2.52. The quantitative estimate of drug-likeness (QED) is 0.874. The van der Waals surface area contributed by atoms with Crippen molar-refractivity contribution in [2.75, 3.05) is 0 Å². The fourth-order valence-electron chi connectivity index (χ4n) is 2.52. The summed E-state index contributed by atoms with van der Waals surface area (Å²) < 4.78 is 2.21. The maximum absolute atomic E-state index is 11.0. The van der Waals surface area contributed by atoms with Crippen LogP contribution < -0.4 is 0 Å². The first-order chi connectivity index (χ1) is 8.50. The van der Waals surface area contributed by atoms with Gasteiger partial charge in [0.25, 0.3) is 0 Å². The number of carboxylic acid groups (broad SMARTS) is 1. The molecule has 0 saturated carbocycles. The number of imidazole rings is 1. The van der Waals surface area contributed by atoms with Crippen LogP contribution in [0.5, 0.6) is 0 Å². The van der Waals surface area contributed by atoms with E-state index >= 15 is 0 Å². The average Bonchev–Trinajstić information content (AvgIpc) is 2.72. The smallest absolute Gasteiger partial charge is 0.309 e. The lowest BCUT2D eigenvalue weighted by atomic mass is 9.88. The van der Waals surface area contributed by atoms with E-state index in [1.165, 1.54) is 24.2 Å². The molecule has 0 spiro atoms. The van der Waals surface area contributed by atoms with Gasteiger partial charge in [-0.05, 0) is 52.4 Å². The molecule has 4 heteroatoms. The zero-order valence-electron chi connectivity index (χ0n) is 11.3. The van der Waals surface area contributed by atoms with Crippen LogP contribution in [0, 0.1) is 5.41 Å². The van der Waals surface area contributed by atoms with Crippen molar-refractivity contribution in [2.24, 2.45) is 5.41 Å². The van der Waals surface area contributed by atoms with Crippen LogP contribution in [0.1, 0.15) is 50.9 Å². The number of rotatable bonds is 5. The molecular formula is C14H22N2O2. The summed E-state index contributed by atoms with van der Waals surface area (Å²) in [7, 11) is 0. The average molecular weight is 250 g/mol. The second kappa shape index (κ2) is 5.12. The molecule has 4 nitrogen and oxygen atoms in total. The molecule has 18 heavy (non-hydrogen) atoms. The number of carbonyl (C=O) groups is 1. The van der Waals surface area contributed by atoms with Crippen molar-refractivity contribution >= 4 is 5.97 Å². The van der Waals surface area contributed by atoms with Gasteiger partial charge in [0.05, 0.1) is 17.4 Å². The largest absolute Gasteiger partial charge is 0.481 e. The van der Waals surface area contributed by atoms with Crippen LogP contribution in [-0.4, -0.2) is 20.6 Å². The minimum atomic E-state index is -0.713. The van der Waals surface area contributed by atoms with Gasteiger partial charge in [-0.15, -0.1) is 0 Å². The van der Waals surface area contributed by atoms with E-state index in [9.17, 15) is 4.79 Å². The highest BCUT2D eigenvalue weighted by atomic mass is 16.4. The molecule has 1 heterocycles. The van der Waals surface area contributed by atoms with Crippen molar-refractivity contribution in [1.82, 2.24) is 9.55 Å². The highest BCUT2D eigenvalue weighted by Crippen LogP contribution is 2.24. The Morgan fingerprint density at radius 1 is 1.44 bits per heavy atom. The van der Waals surface area contributed by atoms with Crippen molar-refractivity contribution in [1.29, 1.82) is 0 Å². The summed E-state index contributed by atoms with van der Waals surface area (Å²) in [5, 5.41) is 9.07. The Bertz CT molecular complexity index is 435. The number of hydrogen-bond acceptors (Lipinski definition) is 2. The number of nitrogens with zero attached hydrogens (tertiary/aromatic N) is 2. The summed E-state index contributed by atoms with van der Waals surface area (Å²) in [6, 6.07) is 0. The van der Waals surface area contributed by atoms with E-state index in [0.29, 0.717) is 6.42 Å². The molecule has 0 aromatic carbocycles. The van der Waals surface area contributed by atoms with Gasteiger partial charge in [-0.25, -0.2) is 4.98 Å². The molecule has 0 fully saturated rings. The van der Waals surface area contributed by atoms with Crippen LogP contribution in [0.4, 0.5) is 0 Å². The van der Waals surface area contributed by atoms with Crippen LogP contribution in [0.15, 0.2) is 6.33 Å². The Labute approximate surface area is 108 Å². The first-order valence-corrected chi connectivity index (χ1v) is 6.77. The summed E-state index contributed by atoms with van der Waals surface area (Å²) in [6.45, 7) is 4.47. The molecule has 0 aliphatic heterocycles. The van der Waals surface area contributed by atoms with Crippen LogP contribution >= 0.6 is 0 Å². The Kier molecular flexibility index (Phi) is 3.73. The third kappa shape index (κ3) is 2.74. The molecule has 2 rings (SSSR count). The first kappa shape index (κ1) is 13.1. The first-order valence-electron chi connectivity index (χ1n) is 6.77. The predicted octanol–water partition coefficient (Wildman–Crippen LogP) is 2.65. The summed E-state index contributed by atoms with van der Waals surface area (Å²) in [4.78, 5) is 15.5. The molecule has 0 radical (unpaired) electrons. The predicted molar refractivity (Wildman–Crippen MR) is 69.5 cm³/mol. The summed E-state index contributed by atoms with van der Waals surface area (Å²) in [5.41, 5.74) is 1.99. The van der Waals surface area contributed by atoms with E-state index in [1.54, 1.807) is 13.8 Å². The van der Waals surface area contributed by atoms with Gasteiger partial charge >= 0.3 is 5.97 Å². The maximum Gasteiger partial charge on any atom is 0.309 e. The van der Waals surface area contributed by atoms with E-state index in [4.69, 9.17) is 5.11 Å². The zero-order chi connectivity index (χ0) is 13.2. The van der Waals surface area contributed by atoms with Crippen LogP contribution in [-0.2, 0) is 24.2 Å². The summed E-state index contributed by atoms with van der Waals surface area (Å²) >= 11 is 0. The normalized spacial score (nSPS) is 15.4.